The summed E-state index contributed by atoms with van der Waals surface area (Å²) in [6.07, 6.45) is 0.574. The number of hydrogen-bond donors (Lipinski definition) is 1. The Labute approximate surface area is 133 Å². The molecule has 2 atom stereocenters. The van der Waals surface area contributed by atoms with Gasteiger partial charge in [0.2, 0.25) is 5.91 Å². The maximum Gasteiger partial charge on any atom is 0.224 e. The monoisotopic (exact) mass is 316 g/mol. The summed E-state index contributed by atoms with van der Waals surface area (Å²) < 4.78 is 28.3. The number of fused-ring (bicyclic) bond motifs is 1. The summed E-state index contributed by atoms with van der Waals surface area (Å²) in [6.45, 7) is 3.30. The molecule has 1 heterocycles. The fraction of sp³-hybridized carbons (Fsp3) is 0.278. The summed E-state index contributed by atoms with van der Waals surface area (Å²) in [7, 11) is 0. The standard InChI is InChI=1S/C18H18F2N2O/c1-11-10-17(21-16-9-4-3-7-14(16)19)13-6-5-8-15(20)18(13)22(11)12(2)23/h3-9,11,17,21H,10H2,1-2H3/t11-,17+/m1/s1. The molecule has 0 unspecified atom stereocenters. The van der Waals surface area contributed by atoms with Gasteiger partial charge in [0.15, 0.2) is 0 Å². The van der Waals surface area contributed by atoms with Gasteiger partial charge >= 0.3 is 0 Å². The van der Waals surface area contributed by atoms with Crippen LogP contribution in [0.25, 0.3) is 0 Å². The molecule has 0 fully saturated rings. The molecule has 5 heteroatoms. The van der Waals surface area contributed by atoms with Crippen LogP contribution in [0.15, 0.2) is 42.5 Å². The lowest BCUT2D eigenvalue weighted by Gasteiger charge is -2.39. The average molecular weight is 316 g/mol. The van der Waals surface area contributed by atoms with E-state index in [-0.39, 0.29) is 29.5 Å². The zero-order valence-corrected chi connectivity index (χ0v) is 13.0. The Morgan fingerprint density at radius 2 is 1.83 bits per heavy atom. The summed E-state index contributed by atoms with van der Waals surface area (Å²) >= 11 is 0. The van der Waals surface area contributed by atoms with Gasteiger partial charge in [-0.2, -0.15) is 0 Å². The first-order valence-electron chi connectivity index (χ1n) is 7.58. The number of nitrogens with zero attached hydrogens (tertiary/aromatic N) is 1. The Kier molecular flexibility index (Phi) is 4.03. The van der Waals surface area contributed by atoms with E-state index >= 15 is 0 Å². The first-order chi connectivity index (χ1) is 11.0. The maximum atomic E-state index is 14.4. The third-order valence-electron chi connectivity index (χ3n) is 4.19. The maximum absolute atomic E-state index is 14.4. The second-order valence-corrected chi connectivity index (χ2v) is 5.83. The Bertz CT molecular complexity index is 748. The Morgan fingerprint density at radius 3 is 2.52 bits per heavy atom. The van der Waals surface area contributed by atoms with Crippen LogP contribution in [0.2, 0.25) is 0 Å². The fourth-order valence-corrected chi connectivity index (χ4v) is 3.23. The van der Waals surface area contributed by atoms with E-state index in [9.17, 15) is 13.6 Å². The largest absolute Gasteiger partial charge is 0.376 e. The molecule has 0 radical (unpaired) electrons. The molecule has 2 aromatic rings. The summed E-state index contributed by atoms with van der Waals surface area (Å²) in [5.41, 5.74) is 1.32. The summed E-state index contributed by atoms with van der Waals surface area (Å²) in [5, 5.41) is 3.14. The van der Waals surface area contributed by atoms with E-state index in [0.717, 1.165) is 0 Å². The van der Waals surface area contributed by atoms with Crippen molar-refractivity contribution in [2.75, 3.05) is 10.2 Å². The zero-order chi connectivity index (χ0) is 16.6. The van der Waals surface area contributed by atoms with Crippen LogP contribution in [-0.4, -0.2) is 11.9 Å². The number of hydrogen-bond acceptors (Lipinski definition) is 2. The molecule has 1 aliphatic heterocycles. The van der Waals surface area contributed by atoms with E-state index in [1.807, 2.05) is 6.92 Å². The van der Waals surface area contributed by atoms with E-state index < -0.39 is 5.82 Å². The van der Waals surface area contributed by atoms with Crippen LogP contribution >= 0.6 is 0 Å². The van der Waals surface area contributed by atoms with Gasteiger partial charge in [-0.15, -0.1) is 0 Å². The van der Waals surface area contributed by atoms with Crippen LogP contribution in [0.1, 0.15) is 31.9 Å². The predicted molar refractivity (Wildman–Crippen MR) is 86.4 cm³/mol. The second-order valence-electron chi connectivity index (χ2n) is 5.83. The van der Waals surface area contributed by atoms with Gasteiger partial charge in [0, 0.05) is 18.5 Å². The molecule has 1 aliphatic rings. The molecule has 0 spiro atoms. The quantitative estimate of drug-likeness (QED) is 0.897. The summed E-state index contributed by atoms with van der Waals surface area (Å²) in [4.78, 5) is 13.4. The van der Waals surface area contributed by atoms with Crippen LogP contribution in [0.4, 0.5) is 20.2 Å². The molecule has 0 bridgehead atoms. The molecular weight excluding hydrogens is 298 g/mol. The molecule has 0 aliphatic carbocycles. The number of amides is 1. The highest BCUT2D eigenvalue weighted by Crippen LogP contribution is 2.40. The fourth-order valence-electron chi connectivity index (χ4n) is 3.23. The first-order valence-corrected chi connectivity index (χ1v) is 7.58. The van der Waals surface area contributed by atoms with Gasteiger partial charge in [-0.1, -0.05) is 24.3 Å². The van der Waals surface area contributed by atoms with Crippen molar-refractivity contribution < 1.29 is 13.6 Å². The van der Waals surface area contributed by atoms with Crippen molar-refractivity contribution in [2.24, 2.45) is 0 Å². The molecule has 2 aromatic carbocycles. The summed E-state index contributed by atoms with van der Waals surface area (Å²) in [5.74, 6) is -0.995. The predicted octanol–water partition coefficient (Wildman–Crippen LogP) is 4.26. The molecule has 0 saturated carbocycles. The van der Waals surface area contributed by atoms with Crippen molar-refractivity contribution in [3.05, 3.63) is 59.7 Å². The normalized spacial score (nSPS) is 20.1. The Balaban J connectivity index is 2.04. The Hall–Kier alpha value is -2.43. The molecule has 3 nitrogen and oxygen atoms in total. The van der Waals surface area contributed by atoms with E-state index in [4.69, 9.17) is 0 Å². The highest BCUT2D eigenvalue weighted by molar-refractivity contribution is 5.94. The van der Waals surface area contributed by atoms with Gasteiger partial charge in [0.05, 0.1) is 17.4 Å². The number of carbonyl (C=O) groups is 1. The number of benzene rings is 2. The van der Waals surface area contributed by atoms with Crippen LogP contribution in [0.5, 0.6) is 0 Å². The molecule has 1 N–H and O–H groups in total. The van der Waals surface area contributed by atoms with E-state index in [1.54, 1.807) is 30.3 Å². The molecule has 0 saturated heterocycles. The van der Waals surface area contributed by atoms with Crippen molar-refractivity contribution in [2.45, 2.75) is 32.4 Å². The molecule has 23 heavy (non-hydrogen) atoms. The molecule has 0 aromatic heterocycles. The number of nitrogens with one attached hydrogen (secondary N) is 1. The lowest BCUT2D eigenvalue weighted by Crippen LogP contribution is -2.43. The van der Waals surface area contributed by atoms with Gasteiger partial charge in [0.1, 0.15) is 11.6 Å². The molecule has 3 rings (SSSR count). The third kappa shape index (κ3) is 2.79. The average Bonchev–Trinajstić information content (AvgIpc) is 2.50. The van der Waals surface area contributed by atoms with E-state index in [1.165, 1.54) is 24.0 Å². The van der Waals surface area contributed by atoms with Crippen LogP contribution < -0.4 is 10.2 Å². The number of carbonyl (C=O) groups excluding carboxylic acids is 1. The number of rotatable bonds is 2. The summed E-state index contributed by atoms with van der Waals surface area (Å²) in [6, 6.07) is 10.7. The minimum Gasteiger partial charge on any atom is -0.376 e. The van der Waals surface area contributed by atoms with Crippen molar-refractivity contribution >= 4 is 17.3 Å². The number of anilines is 2. The lowest BCUT2D eigenvalue weighted by atomic mass is 9.91. The van der Waals surface area contributed by atoms with Gasteiger partial charge < -0.3 is 10.2 Å². The molecular formula is C18H18F2N2O. The minimum atomic E-state index is -0.440. The van der Waals surface area contributed by atoms with Crippen LogP contribution in [-0.2, 0) is 4.79 Å². The van der Waals surface area contributed by atoms with Gasteiger partial charge in [-0.05, 0) is 31.5 Å². The highest BCUT2D eigenvalue weighted by Gasteiger charge is 2.34. The lowest BCUT2D eigenvalue weighted by molar-refractivity contribution is -0.117. The second kappa shape index (κ2) is 5.99. The van der Waals surface area contributed by atoms with Crippen molar-refractivity contribution in [1.82, 2.24) is 0 Å². The van der Waals surface area contributed by atoms with E-state index in [0.29, 0.717) is 17.7 Å². The first kappa shape index (κ1) is 15.5. The number of para-hydroxylation sites is 2. The Morgan fingerprint density at radius 1 is 1.13 bits per heavy atom. The van der Waals surface area contributed by atoms with Crippen LogP contribution in [0.3, 0.4) is 0 Å². The minimum absolute atomic E-state index is 0.179. The highest BCUT2D eigenvalue weighted by atomic mass is 19.1. The molecule has 1 amide bonds. The number of halogens is 2. The SMILES string of the molecule is CC(=O)N1c2c(F)cccc2[C@@H](Nc2ccccc2F)C[C@H]1C. The smallest absolute Gasteiger partial charge is 0.224 e. The molecule has 120 valence electrons. The van der Waals surface area contributed by atoms with Crippen molar-refractivity contribution in [3.8, 4) is 0 Å². The van der Waals surface area contributed by atoms with Gasteiger partial charge in [0.25, 0.3) is 0 Å². The van der Waals surface area contributed by atoms with Crippen molar-refractivity contribution in [3.63, 3.8) is 0 Å². The van der Waals surface area contributed by atoms with Gasteiger partial charge in [-0.3, -0.25) is 4.79 Å². The zero-order valence-electron chi connectivity index (χ0n) is 13.0. The van der Waals surface area contributed by atoms with Crippen LogP contribution in [0, 0.1) is 11.6 Å². The van der Waals surface area contributed by atoms with E-state index in [2.05, 4.69) is 5.32 Å². The third-order valence-corrected chi connectivity index (χ3v) is 4.19. The topological polar surface area (TPSA) is 32.3 Å². The van der Waals surface area contributed by atoms with Crippen molar-refractivity contribution in [1.29, 1.82) is 0 Å². The van der Waals surface area contributed by atoms with Gasteiger partial charge in [-0.25, -0.2) is 8.78 Å².